The van der Waals surface area contributed by atoms with E-state index in [4.69, 9.17) is 4.74 Å². The summed E-state index contributed by atoms with van der Waals surface area (Å²) < 4.78 is 7.15. The first-order valence-corrected chi connectivity index (χ1v) is 4.51. The predicted molar refractivity (Wildman–Crippen MR) is 51.5 cm³/mol. The predicted octanol–water partition coefficient (Wildman–Crippen LogP) is 0.717. The topological polar surface area (TPSA) is 39.1 Å². The van der Waals surface area contributed by atoms with Crippen LogP contribution in [0.1, 0.15) is 18.5 Å². The molecule has 0 aliphatic carbocycles. The van der Waals surface area contributed by atoms with E-state index in [1.54, 1.807) is 4.68 Å². The van der Waals surface area contributed by atoms with Crippen molar-refractivity contribution in [3.05, 3.63) is 18.0 Å². The Hall–Kier alpha value is -0.870. The second kappa shape index (κ2) is 4.99. The molecule has 1 N–H and O–H groups in total. The van der Waals surface area contributed by atoms with Crippen molar-refractivity contribution in [3.63, 3.8) is 0 Å². The van der Waals surface area contributed by atoms with E-state index >= 15 is 0 Å². The first-order valence-electron chi connectivity index (χ1n) is 4.51. The molecule has 1 unspecified atom stereocenters. The van der Waals surface area contributed by atoms with Crippen LogP contribution in [-0.2, 0) is 11.8 Å². The Balaban J connectivity index is 2.56. The molecule has 1 atom stereocenters. The Morgan fingerprint density at radius 1 is 1.69 bits per heavy atom. The lowest BCUT2D eigenvalue weighted by Gasteiger charge is -2.13. The molecule has 0 aliphatic heterocycles. The van der Waals surface area contributed by atoms with Gasteiger partial charge in [-0.15, -0.1) is 0 Å². The van der Waals surface area contributed by atoms with Crippen LogP contribution < -0.4 is 5.32 Å². The second-order valence-electron chi connectivity index (χ2n) is 2.95. The molecule has 4 heteroatoms. The fraction of sp³-hybridized carbons (Fsp3) is 0.667. The van der Waals surface area contributed by atoms with E-state index in [1.807, 2.05) is 33.4 Å². The van der Waals surface area contributed by atoms with Gasteiger partial charge in [0.2, 0.25) is 0 Å². The summed E-state index contributed by atoms with van der Waals surface area (Å²) in [4.78, 5) is 0. The van der Waals surface area contributed by atoms with Crippen LogP contribution in [0.5, 0.6) is 0 Å². The van der Waals surface area contributed by atoms with E-state index in [9.17, 15) is 0 Å². The van der Waals surface area contributed by atoms with Gasteiger partial charge in [-0.25, -0.2) is 0 Å². The summed E-state index contributed by atoms with van der Waals surface area (Å²) >= 11 is 0. The van der Waals surface area contributed by atoms with Crippen molar-refractivity contribution < 1.29 is 4.74 Å². The second-order valence-corrected chi connectivity index (χ2v) is 2.95. The molecule has 0 amide bonds. The van der Waals surface area contributed by atoms with Crippen LogP contribution in [0.3, 0.4) is 0 Å². The summed E-state index contributed by atoms with van der Waals surface area (Å²) in [5.41, 5.74) is 1.17. The van der Waals surface area contributed by atoms with Crippen LogP contribution in [0.4, 0.5) is 0 Å². The van der Waals surface area contributed by atoms with E-state index in [-0.39, 0.29) is 6.04 Å². The molecule has 0 aliphatic rings. The normalized spacial score (nSPS) is 13.2. The number of nitrogens with zero attached hydrogens (tertiary/aromatic N) is 2. The van der Waals surface area contributed by atoms with E-state index in [0.29, 0.717) is 6.61 Å². The van der Waals surface area contributed by atoms with Gasteiger partial charge in [0.05, 0.1) is 18.8 Å². The van der Waals surface area contributed by atoms with Crippen molar-refractivity contribution in [2.75, 3.05) is 20.3 Å². The van der Waals surface area contributed by atoms with Gasteiger partial charge in [-0.1, -0.05) is 0 Å². The van der Waals surface area contributed by atoms with Crippen LogP contribution in [0.15, 0.2) is 12.4 Å². The summed E-state index contributed by atoms with van der Waals surface area (Å²) in [5, 5.41) is 7.30. The third-order valence-corrected chi connectivity index (χ3v) is 1.96. The quantitative estimate of drug-likeness (QED) is 0.731. The van der Waals surface area contributed by atoms with Gasteiger partial charge in [0.25, 0.3) is 0 Å². The van der Waals surface area contributed by atoms with Crippen molar-refractivity contribution >= 4 is 0 Å². The van der Waals surface area contributed by atoms with Gasteiger partial charge < -0.3 is 10.1 Å². The Morgan fingerprint density at radius 2 is 2.46 bits per heavy atom. The molecule has 74 valence electrons. The van der Waals surface area contributed by atoms with Crippen molar-refractivity contribution in [3.8, 4) is 0 Å². The smallest absolute Gasteiger partial charge is 0.0662 e. The maximum atomic E-state index is 5.35. The minimum Gasteiger partial charge on any atom is -0.380 e. The average molecular weight is 183 g/mol. The van der Waals surface area contributed by atoms with Crippen LogP contribution in [-0.4, -0.2) is 30.0 Å². The standard InChI is InChI=1S/C9H17N3O/c1-4-13-7-9(10-2)8-5-11-12(3)6-8/h5-6,9-10H,4,7H2,1-3H3. The van der Waals surface area contributed by atoms with Crippen LogP contribution in [0, 0.1) is 0 Å². The molecule has 0 spiro atoms. The van der Waals surface area contributed by atoms with Crippen LogP contribution in [0.25, 0.3) is 0 Å². The molecule has 0 saturated carbocycles. The highest BCUT2D eigenvalue weighted by molar-refractivity contribution is 5.09. The van der Waals surface area contributed by atoms with Crippen LogP contribution in [0.2, 0.25) is 0 Å². The lowest BCUT2D eigenvalue weighted by molar-refractivity contribution is 0.125. The molecule has 0 fully saturated rings. The van der Waals surface area contributed by atoms with E-state index < -0.39 is 0 Å². The molecular formula is C9H17N3O. The van der Waals surface area contributed by atoms with Crippen molar-refractivity contribution in [1.82, 2.24) is 15.1 Å². The molecule has 0 saturated heterocycles. The molecule has 0 aromatic carbocycles. The Kier molecular flexibility index (Phi) is 3.92. The monoisotopic (exact) mass is 183 g/mol. The zero-order chi connectivity index (χ0) is 9.68. The largest absolute Gasteiger partial charge is 0.380 e. The minimum absolute atomic E-state index is 0.244. The zero-order valence-electron chi connectivity index (χ0n) is 8.45. The fourth-order valence-electron chi connectivity index (χ4n) is 1.20. The Labute approximate surface area is 78.9 Å². The van der Waals surface area contributed by atoms with Gasteiger partial charge in [-0.05, 0) is 14.0 Å². The molecule has 1 heterocycles. The average Bonchev–Trinajstić information content (AvgIpc) is 2.54. The highest BCUT2D eigenvalue weighted by atomic mass is 16.5. The zero-order valence-corrected chi connectivity index (χ0v) is 8.45. The van der Waals surface area contributed by atoms with Gasteiger partial charge in [-0.3, -0.25) is 4.68 Å². The van der Waals surface area contributed by atoms with Gasteiger partial charge in [-0.2, -0.15) is 5.10 Å². The van der Waals surface area contributed by atoms with E-state index in [1.165, 1.54) is 5.56 Å². The number of aromatic nitrogens is 2. The molecule has 1 rings (SSSR count). The lowest BCUT2D eigenvalue weighted by atomic mass is 10.2. The Morgan fingerprint density at radius 3 is 2.92 bits per heavy atom. The first kappa shape index (κ1) is 10.2. The number of hydrogen-bond donors (Lipinski definition) is 1. The molecule has 1 aromatic heterocycles. The summed E-state index contributed by atoms with van der Waals surface area (Å²) in [6, 6.07) is 0.244. The number of nitrogens with one attached hydrogen (secondary N) is 1. The van der Waals surface area contributed by atoms with Gasteiger partial charge >= 0.3 is 0 Å². The molecule has 1 aromatic rings. The lowest BCUT2D eigenvalue weighted by Crippen LogP contribution is -2.21. The summed E-state index contributed by atoms with van der Waals surface area (Å²) in [5.74, 6) is 0. The van der Waals surface area contributed by atoms with Crippen molar-refractivity contribution in [2.24, 2.45) is 7.05 Å². The molecular weight excluding hydrogens is 166 g/mol. The Bertz CT molecular complexity index is 247. The maximum absolute atomic E-state index is 5.35. The first-order chi connectivity index (χ1) is 6.27. The van der Waals surface area contributed by atoms with Crippen molar-refractivity contribution in [2.45, 2.75) is 13.0 Å². The highest BCUT2D eigenvalue weighted by Crippen LogP contribution is 2.10. The molecule has 13 heavy (non-hydrogen) atoms. The third-order valence-electron chi connectivity index (χ3n) is 1.96. The number of aryl methyl sites for hydroxylation is 1. The third kappa shape index (κ3) is 2.82. The van der Waals surface area contributed by atoms with E-state index in [2.05, 4.69) is 10.4 Å². The van der Waals surface area contributed by atoms with E-state index in [0.717, 1.165) is 6.61 Å². The highest BCUT2D eigenvalue weighted by Gasteiger charge is 2.10. The van der Waals surface area contributed by atoms with Crippen LogP contribution >= 0.6 is 0 Å². The molecule has 4 nitrogen and oxygen atoms in total. The maximum Gasteiger partial charge on any atom is 0.0662 e. The summed E-state index contributed by atoms with van der Waals surface area (Å²) in [7, 11) is 3.84. The molecule has 0 bridgehead atoms. The number of rotatable bonds is 5. The fourth-order valence-corrected chi connectivity index (χ4v) is 1.20. The summed E-state index contributed by atoms with van der Waals surface area (Å²) in [6.45, 7) is 3.44. The van der Waals surface area contributed by atoms with Gasteiger partial charge in [0, 0.05) is 25.4 Å². The van der Waals surface area contributed by atoms with Crippen molar-refractivity contribution in [1.29, 1.82) is 0 Å². The number of ether oxygens (including phenoxy) is 1. The van der Waals surface area contributed by atoms with Gasteiger partial charge in [0.1, 0.15) is 0 Å². The SMILES string of the molecule is CCOCC(NC)c1cnn(C)c1. The summed E-state index contributed by atoms with van der Waals surface area (Å²) in [6.07, 6.45) is 3.86. The minimum atomic E-state index is 0.244. The molecule has 0 radical (unpaired) electrons. The number of likely N-dealkylation sites (N-methyl/N-ethyl adjacent to an activating group) is 1. The number of hydrogen-bond acceptors (Lipinski definition) is 3. The van der Waals surface area contributed by atoms with Gasteiger partial charge in [0.15, 0.2) is 0 Å².